The first-order valence-corrected chi connectivity index (χ1v) is 14.7. The highest BCUT2D eigenvalue weighted by Gasteiger charge is 2.59. The van der Waals surface area contributed by atoms with Crippen molar-refractivity contribution in [2.75, 3.05) is 0 Å². The lowest BCUT2D eigenvalue weighted by Gasteiger charge is -2.60. The fourth-order valence-electron chi connectivity index (χ4n) is 7.19. The van der Waals surface area contributed by atoms with Crippen molar-refractivity contribution in [2.24, 2.45) is 34.5 Å². The van der Waals surface area contributed by atoms with E-state index in [0.29, 0.717) is 28.3 Å². The summed E-state index contributed by atoms with van der Waals surface area (Å²) in [5.41, 5.74) is 0.365. The number of hydrogen-bond acceptors (Lipinski definition) is 2. The van der Waals surface area contributed by atoms with Gasteiger partial charge in [0.2, 0.25) is 0 Å². The second-order valence-electron chi connectivity index (χ2n) is 12.5. The van der Waals surface area contributed by atoms with Crippen molar-refractivity contribution in [2.45, 2.75) is 104 Å². The minimum atomic E-state index is -1.69. The number of hydrogen-bond donors (Lipinski definition) is 0. The number of ketones is 1. The summed E-state index contributed by atoms with van der Waals surface area (Å²) in [5.74, 6) is 3.23. The van der Waals surface area contributed by atoms with E-state index >= 15 is 0 Å². The van der Waals surface area contributed by atoms with Crippen LogP contribution in [-0.4, -0.2) is 20.2 Å². The van der Waals surface area contributed by atoms with Crippen molar-refractivity contribution in [3.8, 4) is 0 Å². The molecule has 3 fully saturated rings. The average molecular weight is 403 g/mol. The lowest BCUT2D eigenvalue weighted by atomic mass is 9.45. The van der Waals surface area contributed by atoms with E-state index in [0.717, 1.165) is 24.2 Å². The van der Waals surface area contributed by atoms with Gasteiger partial charge in [0.05, 0.1) is 0 Å². The van der Waals surface area contributed by atoms with Gasteiger partial charge < -0.3 is 4.43 Å². The summed E-state index contributed by atoms with van der Waals surface area (Å²) in [6.45, 7) is 16.7. The van der Waals surface area contributed by atoms with Crippen LogP contribution in [0.25, 0.3) is 0 Å². The van der Waals surface area contributed by atoms with Crippen LogP contribution in [0.2, 0.25) is 18.1 Å². The molecule has 0 aliphatic heterocycles. The molecule has 0 bridgehead atoms. The third kappa shape index (κ3) is 3.02. The van der Waals surface area contributed by atoms with Gasteiger partial charge in [-0.05, 0) is 98.2 Å². The van der Waals surface area contributed by atoms with Crippen LogP contribution in [0.15, 0.2) is 12.2 Å². The zero-order valence-electron chi connectivity index (χ0n) is 19.3. The van der Waals surface area contributed by atoms with E-state index in [1.807, 2.05) is 6.08 Å². The summed E-state index contributed by atoms with van der Waals surface area (Å²) in [6, 6.07) is 0. The lowest BCUT2D eigenvalue weighted by Crippen LogP contribution is -2.55. The van der Waals surface area contributed by atoms with Gasteiger partial charge >= 0.3 is 0 Å². The first-order valence-electron chi connectivity index (χ1n) is 11.8. The minimum absolute atomic E-state index is 0.0903. The van der Waals surface area contributed by atoms with Crippen LogP contribution in [0, 0.1) is 34.5 Å². The quantitative estimate of drug-likeness (QED) is 0.477. The predicted octanol–water partition coefficient (Wildman–Crippen LogP) is 6.76. The first kappa shape index (κ1) is 20.8. The molecule has 0 unspecified atom stereocenters. The molecule has 4 rings (SSSR count). The Morgan fingerprint density at radius 2 is 1.79 bits per heavy atom. The highest BCUT2D eigenvalue weighted by Crippen LogP contribution is 2.64. The molecule has 158 valence electrons. The van der Waals surface area contributed by atoms with Crippen molar-refractivity contribution in [3.05, 3.63) is 12.2 Å². The molecule has 0 aromatic rings. The topological polar surface area (TPSA) is 26.3 Å². The van der Waals surface area contributed by atoms with Gasteiger partial charge in [0.1, 0.15) is 0 Å². The highest BCUT2D eigenvalue weighted by atomic mass is 28.4. The van der Waals surface area contributed by atoms with E-state index in [4.69, 9.17) is 4.43 Å². The molecule has 0 amide bonds. The molecular weight excluding hydrogens is 360 g/mol. The maximum atomic E-state index is 12.5. The molecule has 3 heteroatoms. The summed E-state index contributed by atoms with van der Waals surface area (Å²) in [5, 5.41) is 0.292. The zero-order chi connectivity index (χ0) is 20.5. The van der Waals surface area contributed by atoms with Gasteiger partial charge in [0.25, 0.3) is 0 Å². The summed E-state index contributed by atoms with van der Waals surface area (Å²) in [4.78, 5) is 12.5. The Morgan fingerprint density at radius 3 is 2.46 bits per heavy atom. The molecule has 4 aliphatic rings. The molecule has 28 heavy (non-hydrogen) atoms. The summed E-state index contributed by atoms with van der Waals surface area (Å²) in [7, 11) is -1.69. The molecule has 2 nitrogen and oxygen atoms in total. The maximum absolute atomic E-state index is 12.5. The molecule has 0 saturated heterocycles. The van der Waals surface area contributed by atoms with Crippen LogP contribution in [0.5, 0.6) is 0 Å². The fraction of sp³-hybridized carbons (Fsp3) is 0.880. The van der Waals surface area contributed by atoms with E-state index in [-0.39, 0.29) is 5.41 Å². The normalized spacial score (nSPS) is 46.1. The Labute approximate surface area is 174 Å². The molecule has 7 atom stereocenters. The predicted molar refractivity (Wildman–Crippen MR) is 119 cm³/mol. The molecule has 3 saturated carbocycles. The number of fused-ring (bicyclic) bond motifs is 5. The van der Waals surface area contributed by atoms with E-state index in [1.165, 1.54) is 38.5 Å². The van der Waals surface area contributed by atoms with Gasteiger partial charge in [-0.2, -0.15) is 0 Å². The van der Waals surface area contributed by atoms with Crippen LogP contribution >= 0.6 is 0 Å². The number of carbonyl (C=O) groups excluding carboxylic acids is 1. The van der Waals surface area contributed by atoms with Crippen molar-refractivity contribution in [3.63, 3.8) is 0 Å². The molecule has 0 aromatic carbocycles. The molecule has 0 aromatic heterocycles. The largest absolute Gasteiger partial charge is 0.414 e. The lowest BCUT2D eigenvalue weighted by molar-refractivity contribution is -0.139. The van der Waals surface area contributed by atoms with Gasteiger partial charge in [-0.1, -0.05) is 40.7 Å². The van der Waals surface area contributed by atoms with Crippen LogP contribution in [-0.2, 0) is 9.22 Å². The van der Waals surface area contributed by atoms with Crippen molar-refractivity contribution in [1.29, 1.82) is 0 Å². The van der Waals surface area contributed by atoms with E-state index in [2.05, 4.69) is 53.8 Å². The minimum Gasteiger partial charge on any atom is -0.414 e. The van der Waals surface area contributed by atoms with Gasteiger partial charge in [-0.25, -0.2) is 0 Å². The van der Waals surface area contributed by atoms with E-state index < -0.39 is 8.32 Å². The van der Waals surface area contributed by atoms with E-state index in [9.17, 15) is 4.79 Å². The highest BCUT2D eigenvalue weighted by molar-refractivity contribution is 6.74. The van der Waals surface area contributed by atoms with E-state index in [1.54, 1.807) is 0 Å². The van der Waals surface area contributed by atoms with Crippen LogP contribution in [0.4, 0.5) is 0 Å². The second-order valence-corrected chi connectivity index (χ2v) is 17.3. The summed E-state index contributed by atoms with van der Waals surface area (Å²) < 4.78 is 6.86. The molecule has 0 spiro atoms. The Kier molecular flexibility index (Phi) is 4.87. The second kappa shape index (κ2) is 6.54. The van der Waals surface area contributed by atoms with Gasteiger partial charge in [0.15, 0.2) is 14.1 Å². The monoisotopic (exact) mass is 402 g/mol. The Hall–Kier alpha value is -0.413. The Balaban J connectivity index is 1.49. The smallest absolute Gasteiger partial charge is 0.192 e. The van der Waals surface area contributed by atoms with Gasteiger partial charge in [-0.15, -0.1) is 0 Å². The van der Waals surface area contributed by atoms with Crippen LogP contribution < -0.4 is 0 Å². The van der Waals surface area contributed by atoms with Gasteiger partial charge in [0, 0.05) is 11.5 Å². The first-order chi connectivity index (χ1) is 12.9. The van der Waals surface area contributed by atoms with Crippen LogP contribution in [0.1, 0.15) is 79.6 Å². The van der Waals surface area contributed by atoms with Gasteiger partial charge in [-0.3, -0.25) is 4.79 Å². The third-order valence-corrected chi connectivity index (χ3v) is 14.7. The number of allylic oxidation sites excluding steroid dienone is 2. The molecule has 0 heterocycles. The number of carbonyl (C=O) groups is 1. The zero-order valence-corrected chi connectivity index (χ0v) is 20.3. The Morgan fingerprint density at radius 1 is 1.07 bits per heavy atom. The Bertz CT molecular complexity index is 675. The molecule has 0 radical (unpaired) electrons. The SMILES string of the molecule is CC(C)(C)[Si](C)(C)O[C@H]1CC[C@@]2(C)[C@@H](CC[C@@H]3[C@@H]2CC[C@]2(C)C(=O)C=C[C@@H]32)C1. The third-order valence-electron chi connectivity index (χ3n) is 10.2. The standard InChI is InChI=1S/C25H42O2Si/c1-23(2,3)28(6,7)27-18-12-14-24(4)17(16-18)8-9-19-20-10-11-22(26)25(20,5)15-13-21(19)24/h10-11,17-21H,8-9,12-16H2,1-7H3/t17-,18-,19-,20-,21-,24-,25-/m0/s1. The summed E-state index contributed by atoms with van der Waals surface area (Å²) in [6.07, 6.45) is 13.5. The van der Waals surface area contributed by atoms with Crippen LogP contribution in [0.3, 0.4) is 0 Å². The van der Waals surface area contributed by atoms with Crippen molar-refractivity contribution < 1.29 is 9.22 Å². The van der Waals surface area contributed by atoms with Crippen molar-refractivity contribution in [1.82, 2.24) is 0 Å². The molecular formula is C25H42O2Si. The average Bonchev–Trinajstić information content (AvgIpc) is 2.89. The maximum Gasteiger partial charge on any atom is 0.192 e. The number of rotatable bonds is 2. The molecule has 0 N–H and O–H groups in total. The van der Waals surface area contributed by atoms with Crippen molar-refractivity contribution >= 4 is 14.1 Å². The summed E-state index contributed by atoms with van der Waals surface area (Å²) >= 11 is 0. The molecule has 4 aliphatic carbocycles. The fourth-order valence-corrected chi connectivity index (χ4v) is 8.59.